The number of carbonyl (C=O) groups excluding carboxylic acids is 1. The average Bonchev–Trinajstić information content (AvgIpc) is 3.05. The number of benzene rings is 1. The Morgan fingerprint density at radius 1 is 1.11 bits per heavy atom. The van der Waals surface area contributed by atoms with E-state index < -0.39 is 0 Å². The highest BCUT2D eigenvalue weighted by molar-refractivity contribution is 5.95. The number of nitrogens with zero attached hydrogens (tertiary/aromatic N) is 5. The second-order valence-corrected chi connectivity index (χ2v) is 7.97. The van der Waals surface area contributed by atoms with Crippen molar-refractivity contribution < 1.29 is 4.79 Å². The van der Waals surface area contributed by atoms with Crippen LogP contribution in [0, 0.1) is 11.3 Å². The van der Waals surface area contributed by atoms with Crippen molar-refractivity contribution in [1.29, 1.82) is 5.26 Å². The number of urea groups is 1. The minimum Gasteiger partial charge on any atom is -0.330 e. The third-order valence-corrected chi connectivity index (χ3v) is 6.33. The van der Waals surface area contributed by atoms with Crippen molar-refractivity contribution in [3.05, 3.63) is 54.1 Å². The van der Waals surface area contributed by atoms with Crippen LogP contribution in [0.15, 0.2) is 42.7 Å². The lowest BCUT2D eigenvalue weighted by molar-refractivity contribution is 0.0658. The molecule has 7 nitrogen and oxygen atoms in total. The standard InChI is InChI=1S/C21H24N6O/c1-26(2)21(16-6-4-3-5-7-16)10-8-20(9-11-21)15-27(19(28)25-20)17-13-23-18(12-22)24-14-17/h3-7,13-14H,8-11,15H2,1-2H3,(H,25,28)/t20-,21-. The lowest BCUT2D eigenvalue weighted by atomic mass is 9.69. The van der Waals surface area contributed by atoms with Gasteiger partial charge in [0.15, 0.2) is 0 Å². The summed E-state index contributed by atoms with van der Waals surface area (Å²) in [5, 5.41) is 12.1. The van der Waals surface area contributed by atoms with Crippen LogP contribution in [0.25, 0.3) is 0 Å². The summed E-state index contributed by atoms with van der Waals surface area (Å²) in [6.45, 7) is 0.597. The number of hydrogen-bond donors (Lipinski definition) is 1. The number of amides is 2. The molecule has 1 aliphatic carbocycles. The van der Waals surface area contributed by atoms with Crippen molar-refractivity contribution in [2.75, 3.05) is 25.5 Å². The van der Waals surface area contributed by atoms with E-state index in [-0.39, 0.29) is 22.9 Å². The normalized spacial score (nSPS) is 27.1. The summed E-state index contributed by atoms with van der Waals surface area (Å²) in [5.41, 5.74) is 1.71. The molecule has 1 saturated heterocycles. The molecule has 1 saturated carbocycles. The van der Waals surface area contributed by atoms with Crippen molar-refractivity contribution in [2.24, 2.45) is 0 Å². The Hall–Kier alpha value is -2.98. The molecular weight excluding hydrogens is 352 g/mol. The zero-order valence-electron chi connectivity index (χ0n) is 16.2. The van der Waals surface area contributed by atoms with E-state index in [0.29, 0.717) is 12.2 Å². The summed E-state index contributed by atoms with van der Waals surface area (Å²) in [4.78, 5) is 24.6. The van der Waals surface area contributed by atoms with Gasteiger partial charge < -0.3 is 5.32 Å². The zero-order valence-corrected chi connectivity index (χ0v) is 16.2. The van der Waals surface area contributed by atoms with Crippen LogP contribution in [-0.4, -0.2) is 47.1 Å². The molecule has 0 bridgehead atoms. The molecule has 4 rings (SSSR count). The van der Waals surface area contributed by atoms with Crippen LogP contribution in [0.5, 0.6) is 0 Å². The summed E-state index contributed by atoms with van der Waals surface area (Å²) in [6, 6.07) is 12.4. The molecule has 0 radical (unpaired) electrons. The average molecular weight is 376 g/mol. The number of hydrogen-bond acceptors (Lipinski definition) is 5. The zero-order chi connectivity index (χ0) is 19.8. The largest absolute Gasteiger partial charge is 0.330 e. The molecule has 1 aromatic heterocycles. The Morgan fingerprint density at radius 3 is 2.32 bits per heavy atom. The Kier molecular flexibility index (Phi) is 4.52. The highest BCUT2D eigenvalue weighted by Gasteiger charge is 2.50. The van der Waals surface area contributed by atoms with Crippen molar-refractivity contribution in [3.63, 3.8) is 0 Å². The lowest BCUT2D eigenvalue weighted by Crippen LogP contribution is -2.54. The summed E-state index contributed by atoms with van der Waals surface area (Å²) < 4.78 is 0. The summed E-state index contributed by atoms with van der Waals surface area (Å²) in [7, 11) is 4.28. The Morgan fingerprint density at radius 2 is 1.75 bits per heavy atom. The van der Waals surface area contributed by atoms with Crippen LogP contribution in [0.1, 0.15) is 37.1 Å². The van der Waals surface area contributed by atoms with Crippen molar-refractivity contribution in [1.82, 2.24) is 20.2 Å². The fourth-order valence-electron chi connectivity index (χ4n) is 4.60. The second-order valence-electron chi connectivity index (χ2n) is 7.97. The number of rotatable bonds is 3. The van der Waals surface area contributed by atoms with E-state index in [0.717, 1.165) is 25.7 Å². The molecular formula is C21H24N6O. The number of nitrogens with one attached hydrogen (secondary N) is 1. The van der Waals surface area contributed by atoms with Gasteiger partial charge in [0.25, 0.3) is 0 Å². The van der Waals surface area contributed by atoms with E-state index in [1.807, 2.05) is 12.1 Å². The van der Waals surface area contributed by atoms with Gasteiger partial charge in [0, 0.05) is 5.54 Å². The summed E-state index contributed by atoms with van der Waals surface area (Å²) in [6.07, 6.45) is 6.84. The first-order valence-electron chi connectivity index (χ1n) is 9.53. The first kappa shape index (κ1) is 18.4. The van der Waals surface area contributed by atoms with E-state index in [9.17, 15) is 4.79 Å². The van der Waals surface area contributed by atoms with Gasteiger partial charge >= 0.3 is 6.03 Å². The van der Waals surface area contributed by atoms with Crippen LogP contribution in [-0.2, 0) is 5.54 Å². The summed E-state index contributed by atoms with van der Waals surface area (Å²) in [5.74, 6) is 0.106. The van der Waals surface area contributed by atoms with E-state index >= 15 is 0 Å². The summed E-state index contributed by atoms with van der Waals surface area (Å²) >= 11 is 0. The lowest BCUT2D eigenvalue weighted by Gasteiger charge is -2.48. The first-order valence-corrected chi connectivity index (χ1v) is 9.53. The predicted molar refractivity (Wildman–Crippen MR) is 106 cm³/mol. The van der Waals surface area contributed by atoms with E-state index in [1.165, 1.54) is 5.56 Å². The van der Waals surface area contributed by atoms with Gasteiger partial charge in [-0.15, -0.1) is 0 Å². The minimum absolute atomic E-state index is 0.0117. The quantitative estimate of drug-likeness (QED) is 0.890. The Balaban J connectivity index is 1.54. The highest BCUT2D eigenvalue weighted by atomic mass is 16.2. The molecule has 2 aliphatic rings. The molecule has 7 heteroatoms. The predicted octanol–water partition coefficient (Wildman–Crippen LogP) is 2.65. The van der Waals surface area contributed by atoms with E-state index in [4.69, 9.17) is 5.26 Å². The molecule has 1 N–H and O–H groups in total. The molecule has 0 atom stereocenters. The fraction of sp³-hybridized carbons (Fsp3) is 0.429. The highest BCUT2D eigenvalue weighted by Crippen LogP contribution is 2.46. The van der Waals surface area contributed by atoms with Gasteiger partial charge in [-0.05, 0) is 45.3 Å². The van der Waals surface area contributed by atoms with Crippen LogP contribution < -0.4 is 10.2 Å². The number of aromatic nitrogens is 2. The number of anilines is 1. The number of carbonyl (C=O) groups is 1. The van der Waals surface area contributed by atoms with Crippen molar-refractivity contribution in [2.45, 2.75) is 36.8 Å². The molecule has 2 amide bonds. The molecule has 0 unspecified atom stereocenters. The topological polar surface area (TPSA) is 85.2 Å². The van der Waals surface area contributed by atoms with Crippen molar-refractivity contribution >= 4 is 11.7 Å². The van der Waals surface area contributed by atoms with Gasteiger partial charge in [-0.25, -0.2) is 14.8 Å². The smallest absolute Gasteiger partial charge is 0.322 e. The van der Waals surface area contributed by atoms with Gasteiger partial charge in [-0.1, -0.05) is 30.3 Å². The molecule has 1 spiro atoms. The Labute approximate surface area is 165 Å². The number of nitriles is 1. The Bertz CT molecular complexity index is 895. The van der Waals surface area contributed by atoms with E-state index in [2.05, 4.69) is 58.5 Å². The SMILES string of the molecule is CN(C)[C@]1(c2ccccc2)CC[C@@]2(CC1)CN(c1cnc(C#N)nc1)C(=O)N2. The maximum absolute atomic E-state index is 12.7. The van der Waals surface area contributed by atoms with Gasteiger partial charge in [0.2, 0.25) is 5.82 Å². The third kappa shape index (κ3) is 3.00. The van der Waals surface area contributed by atoms with Crippen LogP contribution in [0.2, 0.25) is 0 Å². The molecule has 1 aromatic carbocycles. The molecule has 144 valence electrons. The van der Waals surface area contributed by atoms with Crippen LogP contribution in [0.3, 0.4) is 0 Å². The van der Waals surface area contributed by atoms with Gasteiger partial charge in [-0.3, -0.25) is 9.80 Å². The molecule has 28 heavy (non-hydrogen) atoms. The fourth-order valence-corrected chi connectivity index (χ4v) is 4.60. The molecule has 2 aromatic rings. The maximum Gasteiger partial charge on any atom is 0.322 e. The van der Waals surface area contributed by atoms with Crippen molar-refractivity contribution in [3.8, 4) is 6.07 Å². The first-order chi connectivity index (χ1) is 13.5. The third-order valence-electron chi connectivity index (χ3n) is 6.33. The minimum atomic E-state index is -0.237. The van der Waals surface area contributed by atoms with Gasteiger partial charge in [0.1, 0.15) is 6.07 Å². The molecule has 2 fully saturated rings. The monoisotopic (exact) mass is 376 g/mol. The molecule has 2 heterocycles. The van der Waals surface area contributed by atoms with Gasteiger partial charge in [0.05, 0.1) is 30.2 Å². The molecule has 1 aliphatic heterocycles. The maximum atomic E-state index is 12.7. The van der Waals surface area contributed by atoms with Gasteiger partial charge in [-0.2, -0.15) is 5.26 Å². The van der Waals surface area contributed by atoms with Crippen LogP contribution >= 0.6 is 0 Å². The van der Waals surface area contributed by atoms with E-state index in [1.54, 1.807) is 17.3 Å². The van der Waals surface area contributed by atoms with Crippen LogP contribution in [0.4, 0.5) is 10.5 Å². The second kappa shape index (κ2) is 6.88.